The number of anilines is 1. The van der Waals surface area contributed by atoms with Gasteiger partial charge in [0.1, 0.15) is 11.9 Å². The fourth-order valence-electron chi connectivity index (χ4n) is 4.46. The van der Waals surface area contributed by atoms with Crippen LogP contribution in [-0.2, 0) is 22.4 Å². The maximum absolute atomic E-state index is 12.5. The Balaban J connectivity index is 1.48. The van der Waals surface area contributed by atoms with Gasteiger partial charge in [-0.25, -0.2) is 4.79 Å². The Labute approximate surface area is 185 Å². The van der Waals surface area contributed by atoms with E-state index in [-0.39, 0.29) is 17.8 Å². The van der Waals surface area contributed by atoms with E-state index < -0.39 is 6.09 Å². The van der Waals surface area contributed by atoms with Crippen LogP contribution < -0.4 is 10.2 Å². The molecular formula is C24H24N4O4. The molecule has 5 rings (SSSR count). The van der Waals surface area contributed by atoms with Crippen LogP contribution >= 0.6 is 0 Å². The molecule has 1 aliphatic carbocycles. The molecule has 2 aliphatic rings. The molecule has 8 heteroatoms. The van der Waals surface area contributed by atoms with Crippen LogP contribution in [0, 0.1) is 0 Å². The number of aromatic hydroxyl groups is 1. The molecular weight excluding hydrogens is 408 g/mol. The molecule has 0 spiro atoms. The maximum atomic E-state index is 12.5. The van der Waals surface area contributed by atoms with E-state index in [9.17, 15) is 14.7 Å². The van der Waals surface area contributed by atoms with Crippen LogP contribution in [0.2, 0.25) is 0 Å². The molecule has 0 radical (unpaired) electrons. The molecule has 32 heavy (non-hydrogen) atoms. The number of nitrogens with zero attached hydrogens (tertiary/aromatic N) is 2. The van der Waals surface area contributed by atoms with Gasteiger partial charge in [-0.15, -0.1) is 0 Å². The number of benzene rings is 2. The van der Waals surface area contributed by atoms with Crippen molar-refractivity contribution in [3.8, 4) is 28.3 Å². The van der Waals surface area contributed by atoms with Gasteiger partial charge in [-0.2, -0.15) is 5.10 Å². The van der Waals surface area contributed by atoms with Crippen molar-refractivity contribution >= 4 is 17.7 Å². The minimum Gasteiger partial charge on any atom is -0.508 e. The van der Waals surface area contributed by atoms with E-state index in [1.54, 1.807) is 17.0 Å². The second kappa shape index (κ2) is 8.03. The van der Waals surface area contributed by atoms with Crippen LogP contribution in [0.3, 0.4) is 0 Å². The Hall–Kier alpha value is -3.81. The monoisotopic (exact) mass is 432 g/mol. The highest BCUT2D eigenvalue weighted by Crippen LogP contribution is 2.39. The smallest absolute Gasteiger partial charge is 0.414 e. The summed E-state index contributed by atoms with van der Waals surface area (Å²) in [6, 6.07) is 13.1. The molecule has 1 atom stereocenters. The molecule has 8 nitrogen and oxygen atoms in total. The number of ether oxygens (including phenoxy) is 1. The second-order valence-corrected chi connectivity index (χ2v) is 8.22. The third-order valence-electron chi connectivity index (χ3n) is 5.99. The first kappa shape index (κ1) is 20.1. The average molecular weight is 432 g/mol. The lowest BCUT2D eigenvalue weighted by molar-refractivity contribution is -0.119. The first-order valence-electron chi connectivity index (χ1n) is 10.7. The van der Waals surface area contributed by atoms with Crippen molar-refractivity contribution in [1.29, 1.82) is 0 Å². The van der Waals surface area contributed by atoms with Gasteiger partial charge in [-0.1, -0.05) is 18.2 Å². The number of aromatic nitrogens is 2. The van der Waals surface area contributed by atoms with Gasteiger partial charge in [0.2, 0.25) is 5.91 Å². The number of nitrogens with one attached hydrogen (secondary N) is 2. The summed E-state index contributed by atoms with van der Waals surface area (Å²) >= 11 is 0. The number of rotatable bonds is 4. The molecule has 1 fully saturated rings. The normalized spacial score (nSPS) is 17.3. The molecule has 1 aromatic heterocycles. The molecule has 1 aliphatic heterocycles. The third kappa shape index (κ3) is 3.68. The van der Waals surface area contributed by atoms with Gasteiger partial charge in [0.05, 0.1) is 24.5 Å². The molecule has 1 unspecified atom stereocenters. The van der Waals surface area contributed by atoms with Crippen molar-refractivity contribution < 1.29 is 19.4 Å². The van der Waals surface area contributed by atoms with Crippen LogP contribution in [0.25, 0.3) is 22.5 Å². The molecule has 2 amide bonds. The maximum Gasteiger partial charge on any atom is 0.414 e. The standard InChI is InChI=1S/C24H24N4O4/c1-14(29)25-12-19-13-28(24(31)32-19)17-9-8-15-4-3-7-20-22(16-5-2-6-18(30)10-16)26-27-23(20)21(15)11-17/h2,5-6,8-11,19,30H,3-4,7,12-13H2,1H3,(H,25,29)(H,26,27). The van der Waals surface area contributed by atoms with Crippen LogP contribution in [-0.4, -0.2) is 46.5 Å². The van der Waals surface area contributed by atoms with E-state index >= 15 is 0 Å². The van der Waals surface area contributed by atoms with Gasteiger partial charge in [0, 0.05) is 29.3 Å². The summed E-state index contributed by atoms with van der Waals surface area (Å²) in [5.41, 5.74) is 6.73. The number of phenols is 1. The fourth-order valence-corrected chi connectivity index (χ4v) is 4.46. The molecule has 3 aromatic rings. The SMILES string of the molecule is CC(=O)NCC1CN(c2ccc3c(c2)-c2[nH]nc(-c4cccc(O)c4)c2CCC3)C(=O)O1. The van der Waals surface area contributed by atoms with Gasteiger partial charge in [0.15, 0.2) is 0 Å². The number of amides is 2. The van der Waals surface area contributed by atoms with Gasteiger partial charge >= 0.3 is 6.09 Å². The fraction of sp³-hybridized carbons (Fsp3) is 0.292. The Morgan fingerprint density at radius 2 is 2.16 bits per heavy atom. The predicted octanol–water partition coefficient (Wildman–Crippen LogP) is 3.40. The van der Waals surface area contributed by atoms with Crippen molar-refractivity contribution in [3.05, 3.63) is 53.6 Å². The summed E-state index contributed by atoms with van der Waals surface area (Å²) in [4.78, 5) is 25.3. The first-order chi connectivity index (χ1) is 15.5. The zero-order valence-corrected chi connectivity index (χ0v) is 17.7. The molecule has 2 aromatic carbocycles. The van der Waals surface area contributed by atoms with E-state index in [0.717, 1.165) is 53.0 Å². The topological polar surface area (TPSA) is 108 Å². The summed E-state index contributed by atoms with van der Waals surface area (Å²) in [7, 11) is 0. The van der Waals surface area contributed by atoms with Crippen molar-refractivity contribution in [3.63, 3.8) is 0 Å². The van der Waals surface area contributed by atoms with Gasteiger partial charge in [-0.3, -0.25) is 14.8 Å². The summed E-state index contributed by atoms with van der Waals surface area (Å²) in [6.07, 6.45) is 1.97. The van der Waals surface area contributed by atoms with Gasteiger partial charge in [-0.05, 0) is 49.1 Å². The Morgan fingerprint density at radius 1 is 1.28 bits per heavy atom. The second-order valence-electron chi connectivity index (χ2n) is 8.22. The number of hydrogen-bond acceptors (Lipinski definition) is 5. The highest BCUT2D eigenvalue weighted by atomic mass is 16.6. The van der Waals surface area contributed by atoms with E-state index in [0.29, 0.717) is 13.1 Å². The largest absolute Gasteiger partial charge is 0.508 e. The Kier molecular flexibility index (Phi) is 5.05. The Morgan fingerprint density at radius 3 is 2.97 bits per heavy atom. The van der Waals surface area contributed by atoms with Crippen LogP contribution in [0.4, 0.5) is 10.5 Å². The average Bonchev–Trinajstić information content (AvgIpc) is 3.31. The van der Waals surface area contributed by atoms with Crippen LogP contribution in [0.5, 0.6) is 5.75 Å². The summed E-state index contributed by atoms with van der Waals surface area (Å²) in [6.45, 7) is 2.11. The summed E-state index contributed by atoms with van der Waals surface area (Å²) < 4.78 is 5.42. The van der Waals surface area contributed by atoms with E-state index in [4.69, 9.17) is 4.74 Å². The minimum atomic E-state index is -0.417. The lowest BCUT2D eigenvalue weighted by Gasteiger charge is -2.16. The van der Waals surface area contributed by atoms with Gasteiger partial charge in [0.25, 0.3) is 0 Å². The predicted molar refractivity (Wildman–Crippen MR) is 119 cm³/mol. The van der Waals surface area contributed by atoms with Crippen molar-refractivity contribution in [2.45, 2.75) is 32.3 Å². The zero-order valence-electron chi connectivity index (χ0n) is 17.7. The summed E-state index contributed by atoms with van der Waals surface area (Å²) in [5, 5.41) is 20.4. The highest BCUT2D eigenvalue weighted by Gasteiger charge is 2.33. The molecule has 0 bridgehead atoms. The number of carbonyl (C=O) groups is 2. The number of fused-ring (bicyclic) bond motifs is 3. The number of phenolic OH excluding ortho intramolecular Hbond substituents is 1. The molecule has 0 saturated carbocycles. The van der Waals surface area contributed by atoms with E-state index in [2.05, 4.69) is 21.6 Å². The highest BCUT2D eigenvalue weighted by molar-refractivity contribution is 5.91. The van der Waals surface area contributed by atoms with Crippen molar-refractivity contribution in [1.82, 2.24) is 15.5 Å². The first-order valence-corrected chi connectivity index (χ1v) is 10.7. The lowest BCUT2D eigenvalue weighted by atomic mass is 9.99. The van der Waals surface area contributed by atoms with Crippen LogP contribution in [0.15, 0.2) is 42.5 Å². The van der Waals surface area contributed by atoms with Crippen molar-refractivity contribution in [2.75, 3.05) is 18.0 Å². The summed E-state index contributed by atoms with van der Waals surface area (Å²) in [5.74, 6) is 0.0516. The van der Waals surface area contributed by atoms with Gasteiger partial charge < -0.3 is 15.2 Å². The third-order valence-corrected chi connectivity index (χ3v) is 5.99. The number of hydrogen-bond donors (Lipinski definition) is 3. The zero-order chi connectivity index (χ0) is 22.2. The van der Waals surface area contributed by atoms with E-state index in [1.807, 2.05) is 24.3 Å². The minimum absolute atomic E-state index is 0.154. The number of aromatic amines is 1. The molecule has 1 saturated heterocycles. The number of H-pyrrole nitrogens is 1. The van der Waals surface area contributed by atoms with E-state index in [1.165, 1.54) is 12.5 Å². The van der Waals surface area contributed by atoms with Crippen molar-refractivity contribution in [2.24, 2.45) is 0 Å². The molecule has 2 heterocycles. The Bertz CT molecular complexity index is 1200. The number of carbonyl (C=O) groups excluding carboxylic acids is 2. The molecule has 164 valence electrons. The molecule has 3 N–H and O–H groups in total. The quantitative estimate of drug-likeness (QED) is 0.586. The number of cyclic esters (lactones) is 1. The number of aryl methyl sites for hydroxylation is 1. The van der Waals surface area contributed by atoms with Crippen LogP contribution in [0.1, 0.15) is 24.5 Å². The lowest BCUT2D eigenvalue weighted by Crippen LogP contribution is -2.33.